The number of carbonyl (C=O) groups excluding carboxylic acids is 1. The van der Waals surface area contributed by atoms with Gasteiger partial charge in [-0.3, -0.25) is 4.79 Å². The number of hydrogen-bond acceptors (Lipinski definition) is 3. The Hall–Kier alpha value is -2.80. The van der Waals surface area contributed by atoms with Gasteiger partial charge >= 0.3 is 0 Å². The number of carbonyl (C=O) groups is 1. The third kappa shape index (κ3) is 2.84. The third-order valence-electron chi connectivity index (χ3n) is 4.82. The van der Waals surface area contributed by atoms with E-state index in [9.17, 15) is 13.6 Å². The Morgan fingerprint density at radius 3 is 2.65 bits per heavy atom. The lowest BCUT2D eigenvalue weighted by molar-refractivity contribution is 0.100. The molecule has 3 N–H and O–H groups in total. The monoisotopic (exact) mass is 356 g/mol. The lowest BCUT2D eigenvalue weighted by Crippen LogP contribution is -2.36. The summed E-state index contributed by atoms with van der Waals surface area (Å²) in [5, 5.41) is 7.54. The van der Waals surface area contributed by atoms with E-state index in [1.165, 1.54) is 6.07 Å². The molecule has 0 saturated carbocycles. The minimum Gasteiger partial charge on any atom is -0.366 e. The third-order valence-corrected chi connectivity index (χ3v) is 4.82. The fraction of sp³-hybridized carbons (Fsp3) is 0.263. The molecule has 4 rings (SSSR count). The molecule has 7 heteroatoms. The summed E-state index contributed by atoms with van der Waals surface area (Å²) >= 11 is 0. The van der Waals surface area contributed by atoms with Crippen molar-refractivity contribution in [2.45, 2.75) is 18.5 Å². The zero-order chi connectivity index (χ0) is 18.3. The Bertz CT molecular complexity index is 968. The molecule has 0 bridgehead atoms. The van der Waals surface area contributed by atoms with E-state index in [1.54, 1.807) is 24.3 Å². The first-order valence-corrected chi connectivity index (χ1v) is 8.46. The largest absolute Gasteiger partial charge is 0.366 e. The fourth-order valence-corrected chi connectivity index (χ4v) is 3.48. The van der Waals surface area contributed by atoms with Gasteiger partial charge in [0.05, 0.1) is 16.6 Å². The summed E-state index contributed by atoms with van der Waals surface area (Å²) in [6.07, 6.45) is -0.372. The van der Waals surface area contributed by atoms with Crippen LogP contribution in [0, 0.1) is 5.95 Å². The lowest BCUT2D eigenvalue weighted by atomic mass is 9.91. The second-order valence-corrected chi connectivity index (χ2v) is 6.55. The maximum absolute atomic E-state index is 14.8. The van der Waals surface area contributed by atoms with Crippen molar-refractivity contribution in [3.05, 3.63) is 59.5 Å². The summed E-state index contributed by atoms with van der Waals surface area (Å²) in [7, 11) is 0. The van der Waals surface area contributed by atoms with Gasteiger partial charge in [-0.15, -0.1) is 0 Å². The molecule has 1 saturated heterocycles. The molecule has 2 aromatic carbocycles. The number of benzene rings is 2. The highest BCUT2D eigenvalue weighted by Gasteiger charge is 2.23. The van der Waals surface area contributed by atoms with Crippen molar-refractivity contribution < 1.29 is 13.6 Å². The van der Waals surface area contributed by atoms with Crippen LogP contribution >= 0.6 is 0 Å². The van der Waals surface area contributed by atoms with Gasteiger partial charge in [-0.2, -0.15) is 9.49 Å². The highest BCUT2D eigenvalue weighted by molar-refractivity contribution is 6.04. The predicted octanol–water partition coefficient (Wildman–Crippen LogP) is 2.68. The number of aromatic nitrogens is 2. The van der Waals surface area contributed by atoms with Crippen molar-refractivity contribution in [1.82, 2.24) is 15.1 Å². The highest BCUT2D eigenvalue weighted by Crippen LogP contribution is 2.27. The second-order valence-electron chi connectivity index (χ2n) is 6.55. The van der Waals surface area contributed by atoms with Gasteiger partial charge in [0.1, 0.15) is 11.7 Å². The molecule has 1 fully saturated rings. The molecule has 1 amide bonds. The van der Waals surface area contributed by atoms with Crippen LogP contribution in [0.2, 0.25) is 0 Å². The molecule has 134 valence electrons. The molecule has 3 aromatic rings. The van der Waals surface area contributed by atoms with E-state index in [-0.39, 0.29) is 22.4 Å². The van der Waals surface area contributed by atoms with Crippen molar-refractivity contribution in [2.75, 3.05) is 13.1 Å². The molecule has 1 aliphatic rings. The summed E-state index contributed by atoms with van der Waals surface area (Å²) in [4.78, 5) is 11.5. The summed E-state index contributed by atoms with van der Waals surface area (Å²) in [5.41, 5.74) is 7.28. The fourth-order valence-electron chi connectivity index (χ4n) is 3.48. The van der Waals surface area contributed by atoms with E-state index in [0.717, 1.165) is 16.8 Å². The van der Waals surface area contributed by atoms with Crippen molar-refractivity contribution in [3.63, 3.8) is 0 Å². The van der Waals surface area contributed by atoms with Gasteiger partial charge in [0, 0.05) is 13.1 Å². The van der Waals surface area contributed by atoms with Crippen molar-refractivity contribution in [1.29, 1.82) is 0 Å². The second kappa shape index (κ2) is 6.49. The average Bonchev–Trinajstić information content (AvgIpc) is 2.99. The molecule has 2 heterocycles. The van der Waals surface area contributed by atoms with Crippen molar-refractivity contribution >= 4 is 16.8 Å². The molecule has 0 spiro atoms. The quantitative estimate of drug-likeness (QED) is 0.758. The molecule has 2 atom stereocenters. The van der Waals surface area contributed by atoms with Crippen LogP contribution in [0.25, 0.3) is 16.6 Å². The standard InChI is InChI=1S/C19H18F2N4O/c20-13-8-12(9-23-10-13)11-4-6-14(7-5-11)25-18(21)15-2-1-3-16(19(22)26)17(15)24-25/h1-7,12-13,23H,8-10H2,(H2,22,26). The van der Waals surface area contributed by atoms with Gasteiger partial charge in [0.25, 0.3) is 5.91 Å². The normalized spacial score (nSPS) is 20.4. The Morgan fingerprint density at radius 1 is 1.19 bits per heavy atom. The van der Waals surface area contributed by atoms with E-state index in [4.69, 9.17) is 5.73 Å². The van der Waals surface area contributed by atoms with Gasteiger partial charge < -0.3 is 11.1 Å². The number of alkyl halides is 1. The maximum Gasteiger partial charge on any atom is 0.250 e. The van der Waals surface area contributed by atoms with E-state index >= 15 is 0 Å². The molecule has 26 heavy (non-hydrogen) atoms. The maximum atomic E-state index is 14.8. The predicted molar refractivity (Wildman–Crippen MR) is 94.7 cm³/mol. The van der Waals surface area contributed by atoms with Crippen molar-refractivity contribution in [2.24, 2.45) is 5.73 Å². The highest BCUT2D eigenvalue weighted by atomic mass is 19.1. The molecular weight excluding hydrogens is 338 g/mol. The van der Waals surface area contributed by atoms with Gasteiger partial charge in [-0.05, 0) is 42.2 Å². The zero-order valence-electron chi connectivity index (χ0n) is 14.0. The molecule has 0 radical (unpaired) electrons. The number of nitrogens with one attached hydrogen (secondary N) is 1. The summed E-state index contributed by atoms with van der Waals surface area (Å²) in [6.45, 7) is 1.11. The number of rotatable bonds is 3. The van der Waals surface area contributed by atoms with Crippen LogP contribution in [-0.4, -0.2) is 34.9 Å². The van der Waals surface area contributed by atoms with E-state index < -0.39 is 18.0 Å². The minimum atomic E-state index is -0.852. The minimum absolute atomic E-state index is 0.0933. The molecule has 1 aliphatic heterocycles. The summed E-state index contributed by atoms with van der Waals surface area (Å²) < 4.78 is 29.5. The van der Waals surface area contributed by atoms with Gasteiger partial charge in [-0.25, -0.2) is 9.07 Å². The number of nitrogens with two attached hydrogens (primary N) is 1. The van der Waals surface area contributed by atoms with Crippen molar-refractivity contribution in [3.8, 4) is 5.69 Å². The van der Waals surface area contributed by atoms with Crippen LogP contribution in [0.5, 0.6) is 0 Å². The Morgan fingerprint density at radius 2 is 1.96 bits per heavy atom. The van der Waals surface area contributed by atoms with Crippen LogP contribution in [0.15, 0.2) is 42.5 Å². The Kier molecular flexibility index (Phi) is 4.16. The molecule has 0 aliphatic carbocycles. The van der Waals surface area contributed by atoms with Crippen LogP contribution in [-0.2, 0) is 0 Å². The van der Waals surface area contributed by atoms with Crippen LogP contribution < -0.4 is 11.1 Å². The number of fused-ring (bicyclic) bond motifs is 1. The van der Waals surface area contributed by atoms with Crippen LogP contribution in [0.4, 0.5) is 8.78 Å². The van der Waals surface area contributed by atoms with Crippen LogP contribution in [0.1, 0.15) is 28.3 Å². The number of nitrogens with zero attached hydrogens (tertiary/aromatic N) is 2. The van der Waals surface area contributed by atoms with Gasteiger partial charge in [0.2, 0.25) is 5.95 Å². The molecule has 2 unspecified atom stereocenters. The smallest absolute Gasteiger partial charge is 0.250 e. The summed E-state index contributed by atoms with van der Waals surface area (Å²) in [6, 6.07) is 11.9. The van der Waals surface area contributed by atoms with Gasteiger partial charge in [-0.1, -0.05) is 18.2 Å². The first-order chi connectivity index (χ1) is 12.5. The summed E-state index contributed by atoms with van der Waals surface area (Å²) in [5.74, 6) is -1.11. The number of piperidine rings is 1. The molecule has 5 nitrogen and oxygen atoms in total. The lowest BCUT2D eigenvalue weighted by Gasteiger charge is -2.26. The Balaban J connectivity index is 1.70. The topological polar surface area (TPSA) is 72.9 Å². The van der Waals surface area contributed by atoms with E-state index in [2.05, 4.69) is 10.4 Å². The number of halogens is 2. The van der Waals surface area contributed by atoms with E-state index in [0.29, 0.717) is 18.7 Å². The number of hydrogen-bond donors (Lipinski definition) is 2. The van der Waals surface area contributed by atoms with Gasteiger partial charge in [0.15, 0.2) is 0 Å². The SMILES string of the molecule is NC(=O)c1cccc2c(F)n(-c3ccc(C4CNCC(F)C4)cc3)nc12. The van der Waals surface area contributed by atoms with E-state index in [1.807, 2.05) is 12.1 Å². The Labute approximate surface area is 148 Å². The number of primary amides is 1. The molecular formula is C19H18F2N4O. The average molecular weight is 356 g/mol. The first kappa shape index (κ1) is 16.7. The number of amides is 1. The zero-order valence-corrected chi connectivity index (χ0v) is 14.0. The van der Waals surface area contributed by atoms with Crippen LogP contribution in [0.3, 0.4) is 0 Å². The molecule has 1 aromatic heterocycles. The first-order valence-electron chi connectivity index (χ1n) is 8.46.